The first-order chi connectivity index (χ1) is 8.35. The van der Waals surface area contributed by atoms with E-state index in [9.17, 15) is 0 Å². The highest BCUT2D eigenvalue weighted by Gasteiger charge is 2.11. The average molecular weight is 227 g/mol. The summed E-state index contributed by atoms with van der Waals surface area (Å²) in [6, 6.07) is 12.6. The second-order valence-electron chi connectivity index (χ2n) is 3.95. The fourth-order valence-corrected chi connectivity index (χ4v) is 1.98. The van der Waals surface area contributed by atoms with Crippen LogP contribution in [-0.2, 0) is 6.54 Å². The maximum absolute atomic E-state index is 5.67. The largest absolute Gasteiger partial charge is 0.326 e. The van der Waals surface area contributed by atoms with Crippen LogP contribution >= 0.6 is 0 Å². The van der Waals surface area contributed by atoms with Gasteiger partial charge in [-0.15, -0.1) is 0 Å². The van der Waals surface area contributed by atoms with Gasteiger partial charge in [0, 0.05) is 18.9 Å². The predicted molar refractivity (Wildman–Crippen MR) is 69.5 cm³/mol. The van der Waals surface area contributed by atoms with Crippen LogP contribution in [0.25, 0.3) is 0 Å². The maximum Gasteiger partial charge on any atom is 0.0575 e. The molecule has 1 heterocycles. The third kappa shape index (κ3) is 2.70. The molecule has 3 heteroatoms. The molecule has 1 aromatic carbocycles. The summed E-state index contributed by atoms with van der Waals surface area (Å²) >= 11 is 0. The molecule has 0 aliphatic heterocycles. The quantitative estimate of drug-likeness (QED) is 0.838. The lowest BCUT2D eigenvalue weighted by atomic mass is 9.98. The summed E-state index contributed by atoms with van der Waals surface area (Å²) < 4.78 is 0. The summed E-state index contributed by atoms with van der Waals surface area (Å²) in [5, 5.41) is 3.32. The number of benzene rings is 1. The Morgan fingerprint density at radius 3 is 2.59 bits per heavy atom. The van der Waals surface area contributed by atoms with E-state index in [1.54, 1.807) is 0 Å². The van der Waals surface area contributed by atoms with E-state index in [0.29, 0.717) is 6.54 Å². The molecule has 0 aliphatic carbocycles. The van der Waals surface area contributed by atoms with Gasteiger partial charge in [0.1, 0.15) is 0 Å². The van der Waals surface area contributed by atoms with E-state index < -0.39 is 0 Å². The maximum atomic E-state index is 5.67. The van der Waals surface area contributed by atoms with Crippen LogP contribution < -0.4 is 11.1 Å². The second-order valence-corrected chi connectivity index (χ2v) is 3.95. The Labute approximate surface area is 102 Å². The van der Waals surface area contributed by atoms with Crippen molar-refractivity contribution < 1.29 is 0 Å². The molecule has 1 aromatic heterocycles. The molecule has 0 bridgehead atoms. The van der Waals surface area contributed by atoms with Crippen molar-refractivity contribution in [2.24, 2.45) is 5.73 Å². The Morgan fingerprint density at radius 2 is 1.94 bits per heavy atom. The first-order valence-corrected chi connectivity index (χ1v) is 5.71. The molecule has 2 aromatic rings. The van der Waals surface area contributed by atoms with E-state index in [1.807, 2.05) is 43.7 Å². The smallest absolute Gasteiger partial charge is 0.0575 e. The predicted octanol–water partition coefficient (Wildman–Crippen LogP) is 1.85. The highest BCUT2D eigenvalue weighted by atomic mass is 14.9. The lowest BCUT2D eigenvalue weighted by Gasteiger charge is -2.17. The van der Waals surface area contributed by atoms with Crippen molar-refractivity contribution >= 4 is 0 Å². The Hall–Kier alpha value is -1.71. The highest BCUT2D eigenvalue weighted by Crippen LogP contribution is 2.21. The molecule has 0 saturated carbocycles. The molecule has 1 unspecified atom stereocenters. The minimum atomic E-state index is 0.185. The molecule has 3 nitrogen and oxygen atoms in total. The Bertz CT molecular complexity index is 468. The zero-order valence-electron chi connectivity index (χ0n) is 9.93. The van der Waals surface area contributed by atoms with E-state index in [-0.39, 0.29) is 6.04 Å². The molecule has 0 saturated heterocycles. The number of pyridine rings is 1. The van der Waals surface area contributed by atoms with Gasteiger partial charge >= 0.3 is 0 Å². The molecule has 1 atom stereocenters. The van der Waals surface area contributed by atoms with Crippen LogP contribution in [0.4, 0.5) is 0 Å². The number of aromatic nitrogens is 1. The molecule has 0 amide bonds. The topological polar surface area (TPSA) is 50.9 Å². The number of rotatable bonds is 4. The average Bonchev–Trinajstić information content (AvgIpc) is 2.41. The summed E-state index contributed by atoms with van der Waals surface area (Å²) in [4.78, 5) is 4.04. The standard InChI is InChI=1S/C14H17N3/c1-16-14(12-5-7-17-8-6-12)13-4-2-3-11(9-13)10-15/h2-9,14,16H,10,15H2,1H3. The minimum absolute atomic E-state index is 0.185. The lowest BCUT2D eigenvalue weighted by Crippen LogP contribution is -2.18. The van der Waals surface area contributed by atoms with Crippen LogP contribution in [0.2, 0.25) is 0 Å². The van der Waals surface area contributed by atoms with Gasteiger partial charge in [-0.2, -0.15) is 0 Å². The monoisotopic (exact) mass is 227 g/mol. The van der Waals surface area contributed by atoms with E-state index in [4.69, 9.17) is 5.73 Å². The first-order valence-electron chi connectivity index (χ1n) is 5.71. The first kappa shape index (κ1) is 11.8. The third-order valence-corrected chi connectivity index (χ3v) is 2.85. The number of nitrogens with two attached hydrogens (primary N) is 1. The fraction of sp³-hybridized carbons (Fsp3) is 0.214. The molecule has 0 aliphatic rings. The molecule has 0 fully saturated rings. The molecular formula is C14H17N3. The van der Waals surface area contributed by atoms with Crippen LogP contribution in [0.1, 0.15) is 22.7 Å². The SMILES string of the molecule is CNC(c1ccncc1)c1cccc(CN)c1. The van der Waals surface area contributed by atoms with Crippen molar-refractivity contribution in [2.75, 3.05) is 7.05 Å². The molecule has 0 spiro atoms. The Balaban J connectivity index is 2.35. The van der Waals surface area contributed by atoms with Gasteiger partial charge in [-0.1, -0.05) is 24.3 Å². The summed E-state index contributed by atoms with van der Waals surface area (Å²) in [7, 11) is 1.96. The summed E-state index contributed by atoms with van der Waals surface area (Å²) in [5.74, 6) is 0. The van der Waals surface area contributed by atoms with Crippen molar-refractivity contribution in [3.8, 4) is 0 Å². The van der Waals surface area contributed by atoms with E-state index in [1.165, 1.54) is 11.1 Å². The number of nitrogens with one attached hydrogen (secondary N) is 1. The van der Waals surface area contributed by atoms with Crippen LogP contribution in [0.3, 0.4) is 0 Å². The van der Waals surface area contributed by atoms with Crippen molar-refractivity contribution in [1.82, 2.24) is 10.3 Å². The summed E-state index contributed by atoms with van der Waals surface area (Å²) in [5.41, 5.74) is 9.25. The van der Waals surface area contributed by atoms with Gasteiger partial charge in [0.05, 0.1) is 6.04 Å². The highest BCUT2D eigenvalue weighted by molar-refractivity contribution is 5.33. The molecule has 2 rings (SSSR count). The van der Waals surface area contributed by atoms with Gasteiger partial charge in [0.2, 0.25) is 0 Å². The molecule has 0 radical (unpaired) electrons. The van der Waals surface area contributed by atoms with Gasteiger partial charge in [-0.25, -0.2) is 0 Å². The van der Waals surface area contributed by atoms with Gasteiger partial charge in [-0.3, -0.25) is 4.98 Å². The van der Waals surface area contributed by atoms with Gasteiger partial charge in [0.25, 0.3) is 0 Å². The number of hydrogen-bond donors (Lipinski definition) is 2. The third-order valence-electron chi connectivity index (χ3n) is 2.85. The molecule has 17 heavy (non-hydrogen) atoms. The number of hydrogen-bond acceptors (Lipinski definition) is 3. The van der Waals surface area contributed by atoms with E-state index in [2.05, 4.69) is 22.4 Å². The van der Waals surface area contributed by atoms with Crippen molar-refractivity contribution in [2.45, 2.75) is 12.6 Å². The van der Waals surface area contributed by atoms with E-state index in [0.717, 1.165) is 5.56 Å². The van der Waals surface area contributed by atoms with Gasteiger partial charge in [-0.05, 0) is 35.9 Å². The Kier molecular flexibility index (Phi) is 3.85. The zero-order valence-corrected chi connectivity index (χ0v) is 9.93. The fourth-order valence-electron chi connectivity index (χ4n) is 1.98. The summed E-state index contributed by atoms with van der Waals surface area (Å²) in [6.07, 6.45) is 3.62. The second kappa shape index (κ2) is 5.57. The van der Waals surface area contributed by atoms with Crippen LogP contribution in [0, 0.1) is 0 Å². The summed E-state index contributed by atoms with van der Waals surface area (Å²) in [6.45, 7) is 0.570. The minimum Gasteiger partial charge on any atom is -0.326 e. The van der Waals surface area contributed by atoms with Gasteiger partial charge < -0.3 is 11.1 Å². The van der Waals surface area contributed by atoms with Crippen molar-refractivity contribution in [3.63, 3.8) is 0 Å². The molecular weight excluding hydrogens is 210 g/mol. The normalized spacial score (nSPS) is 12.4. The molecule has 88 valence electrons. The number of nitrogens with zero attached hydrogens (tertiary/aromatic N) is 1. The van der Waals surface area contributed by atoms with Crippen molar-refractivity contribution in [1.29, 1.82) is 0 Å². The lowest BCUT2D eigenvalue weighted by molar-refractivity contribution is 0.689. The Morgan fingerprint density at radius 1 is 1.18 bits per heavy atom. The van der Waals surface area contributed by atoms with Crippen LogP contribution in [-0.4, -0.2) is 12.0 Å². The molecule has 3 N–H and O–H groups in total. The van der Waals surface area contributed by atoms with Crippen molar-refractivity contribution in [3.05, 3.63) is 65.5 Å². The van der Waals surface area contributed by atoms with Crippen LogP contribution in [0.15, 0.2) is 48.8 Å². The van der Waals surface area contributed by atoms with Crippen LogP contribution in [0.5, 0.6) is 0 Å². The van der Waals surface area contributed by atoms with E-state index >= 15 is 0 Å². The zero-order chi connectivity index (χ0) is 12.1. The van der Waals surface area contributed by atoms with Gasteiger partial charge in [0.15, 0.2) is 0 Å².